The van der Waals surface area contributed by atoms with Crippen molar-refractivity contribution in [3.05, 3.63) is 45.0 Å². The molecule has 6 heteroatoms. The minimum absolute atomic E-state index is 0. The lowest BCUT2D eigenvalue weighted by Crippen LogP contribution is -2.15. The monoisotopic (exact) mass is 337 g/mol. The first-order chi connectivity index (χ1) is 10.5. The van der Waals surface area contributed by atoms with Gasteiger partial charge in [-0.1, -0.05) is 0 Å². The highest BCUT2D eigenvalue weighted by molar-refractivity contribution is 5.99. The molecule has 23 heavy (non-hydrogen) atoms. The first-order valence-electron chi connectivity index (χ1n) is 7.26. The van der Waals surface area contributed by atoms with Crippen molar-refractivity contribution >= 4 is 34.3 Å². The van der Waals surface area contributed by atoms with Gasteiger partial charge in [0.1, 0.15) is 11.2 Å². The van der Waals surface area contributed by atoms with E-state index in [4.69, 9.17) is 19.3 Å². The second kappa shape index (κ2) is 6.74. The molecule has 0 saturated carbocycles. The zero-order valence-electron chi connectivity index (χ0n) is 13.4. The summed E-state index contributed by atoms with van der Waals surface area (Å²) >= 11 is 0. The zero-order valence-corrected chi connectivity index (χ0v) is 14.2. The molecule has 0 amide bonds. The number of aryl methyl sites for hydroxylation is 3. The number of nitrogens with two attached hydrogens (primary N) is 1. The highest BCUT2D eigenvalue weighted by Crippen LogP contribution is 2.32. The quantitative estimate of drug-likeness (QED) is 0.583. The number of hydrogen-bond acceptors (Lipinski definition) is 5. The van der Waals surface area contributed by atoms with E-state index < -0.39 is 0 Å². The van der Waals surface area contributed by atoms with Crippen LogP contribution in [0.2, 0.25) is 0 Å². The largest absolute Gasteiger partial charge is 0.464 e. The highest BCUT2D eigenvalue weighted by Gasteiger charge is 2.17. The second-order valence-electron chi connectivity index (χ2n) is 5.51. The molecule has 0 saturated heterocycles. The normalized spacial score (nSPS) is 11.1. The Hall–Kier alpha value is -1.82. The highest BCUT2D eigenvalue weighted by atomic mass is 35.5. The van der Waals surface area contributed by atoms with Crippen LogP contribution in [0.3, 0.4) is 0 Å². The third-order valence-corrected chi connectivity index (χ3v) is 4.04. The summed E-state index contributed by atoms with van der Waals surface area (Å²) in [6.45, 7) is 6.86. The molecule has 0 fully saturated rings. The molecule has 2 aromatic heterocycles. The van der Waals surface area contributed by atoms with Crippen LogP contribution < -0.4 is 11.4 Å². The molecule has 0 aliphatic heterocycles. The average molecular weight is 338 g/mol. The summed E-state index contributed by atoms with van der Waals surface area (Å²) in [5.41, 5.74) is 9.71. The minimum atomic E-state index is -0.368. The van der Waals surface area contributed by atoms with Gasteiger partial charge in [0.15, 0.2) is 0 Å². The Balaban J connectivity index is 0.00000192. The number of hydrogen-bond donors (Lipinski definition) is 1. The minimum Gasteiger partial charge on any atom is -0.464 e. The van der Waals surface area contributed by atoms with Crippen LogP contribution in [0.15, 0.2) is 26.0 Å². The Morgan fingerprint density at radius 3 is 2.57 bits per heavy atom. The second-order valence-corrected chi connectivity index (χ2v) is 5.51. The molecular formula is C17H20ClNO4. The van der Waals surface area contributed by atoms with Crippen molar-refractivity contribution in [2.45, 2.75) is 27.4 Å². The molecular weight excluding hydrogens is 318 g/mol. The van der Waals surface area contributed by atoms with Crippen LogP contribution >= 0.6 is 12.4 Å². The predicted octanol–water partition coefficient (Wildman–Crippen LogP) is 3.36. The molecule has 0 aliphatic carbocycles. The molecule has 5 nitrogen and oxygen atoms in total. The van der Waals surface area contributed by atoms with Gasteiger partial charge in [0.05, 0.1) is 25.0 Å². The third-order valence-electron chi connectivity index (χ3n) is 4.04. The van der Waals surface area contributed by atoms with E-state index in [9.17, 15) is 4.79 Å². The van der Waals surface area contributed by atoms with Gasteiger partial charge >= 0.3 is 5.63 Å². The molecule has 1 aromatic carbocycles. The predicted molar refractivity (Wildman–Crippen MR) is 92.4 cm³/mol. The summed E-state index contributed by atoms with van der Waals surface area (Å²) in [7, 11) is 0. The molecule has 0 atom stereocenters. The molecule has 0 aliphatic rings. The van der Waals surface area contributed by atoms with Gasteiger partial charge in [-0.15, -0.1) is 12.4 Å². The zero-order chi connectivity index (χ0) is 15.9. The Kier molecular flexibility index (Phi) is 5.14. The number of rotatable bonds is 4. The number of fused-ring (bicyclic) bond motifs is 2. The van der Waals surface area contributed by atoms with E-state index in [2.05, 4.69) is 0 Å². The van der Waals surface area contributed by atoms with Gasteiger partial charge in [-0.05, 0) is 38.0 Å². The number of furan rings is 1. The maximum absolute atomic E-state index is 12.2. The van der Waals surface area contributed by atoms with Gasteiger partial charge in [-0.25, -0.2) is 4.79 Å². The fourth-order valence-electron chi connectivity index (χ4n) is 2.74. The van der Waals surface area contributed by atoms with Crippen molar-refractivity contribution in [2.75, 3.05) is 13.2 Å². The summed E-state index contributed by atoms with van der Waals surface area (Å²) in [5.74, 6) is 0. The Labute approximate surface area is 139 Å². The summed E-state index contributed by atoms with van der Waals surface area (Å²) in [6, 6.07) is 2.02. The summed E-state index contributed by atoms with van der Waals surface area (Å²) in [5, 5.41) is 1.95. The van der Waals surface area contributed by atoms with Crippen LogP contribution in [0.25, 0.3) is 21.9 Å². The van der Waals surface area contributed by atoms with Gasteiger partial charge in [-0.3, -0.25) is 0 Å². The molecule has 0 bridgehead atoms. The van der Waals surface area contributed by atoms with Crippen LogP contribution in [0.1, 0.15) is 22.3 Å². The summed E-state index contributed by atoms with van der Waals surface area (Å²) in [6.07, 6.45) is 1.72. The Bertz CT molecular complexity index is 910. The van der Waals surface area contributed by atoms with Crippen molar-refractivity contribution in [1.82, 2.24) is 0 Å². The van der Waals surface area contributed by atoms with Crippen LogP contribution in [0, 0.1) is 20.8 Å². The number of ether oxygens (including phenoxy) is 1. The van der Waals surface area contributed by atoms with E-state index in [1.807, 2.05) is 26.8 Å². The lowest BCUT2D eigenvalue weighted by atomic mass is 10.0. The molecule has 124 valence electrons. The van der Waals surface area contributed by atoms with Crippen LogP contribution in [-0.2, 0) is 11.3 Å². The lowest BCUT2D eigenvalue weighted by molar-refractivity contribution is 0.125. The van der Waals surface area contributed by atoms with E-state index in [0.717, 1.165) is 33.0 Å². The van der Waals surface area contributed by atoms with Crippen molar-refractivity contribution in [1.29, 1.82) is 0 Å². The lowest BCUT2D eigenvalue weighted by Gasteiger charge is -2.10. The number of benzene rings is 1. The van der Waals surface area contributed by atoms with Crippen LogP contribution in [-0.4, -0.2) is 13.2 Å². The first-order valence-corrected chi connectivity index (χ1v) is 7.26. The van der Waals surface area contributed by atoms with E-state index in [1.165, 1.54) is 0 Å². The molecule has 3 aromatic rings. The van der Waals surface area contributed by atoms with Gasteiger partial charge < -0.3 is 19.3 Å². The summed E-state index contributed by atoms with van der Waals surface area (Å²) in [4.78, 5) is 12.2. The molecule has 3 rings (SSSR count). The smallest absolute Gasteiger partial charge is 0.342 e. The van der Waals surface area contributed by atoms with E-state index in [0.29, 0.717) is 24.3 Å². The van der Waals surface area contributed by atoms with E-state index >= 15 is 0 Å². The maximum atomic E-state index is 12.2. The fraction of sp³-hybridized carbons (Fsp3) is 0.353. The van der Waals surface area contributed by atoms with Gasteiger partial charge in [0.2, 0.25) is 0 Å². The maximum Gasteiger partial charge on any atom is 0.342 e. The average Bonchev–Trinajstić information content (AvgIpc) is 2.86. The SMILES string of the molecule is Cc1coc2c(C)c3oc(=O)c(COCCN)c(C)c3cc12.Cl. The molecule has 0 spiro atoms. The number of halogens is 1. The fourth-order valence-corrected chi connectivity index (χ4v) is 2.74. The first kappa shape index (κ1) is 17.5. The van der Waals surface area contributed by atoms with Crippen molar-refractivity contribution in [2.24, 2.45) is 5.73 Å². The molecule has 0 radical (unpaired) electrons. The Morgan fingerprint density at radius 2 is 1.87 bits per heavy atom. The van der Waals surface area contributed by atoms with Gasteiger partial charge in [-0.2, -0.15) is 0 Å². The van der Waals surface area contributed by atoms with Crippen molar-refractivity contribution < 1.29 is 13.6 Å². The van der Waals surface area contributed by atoms with Crippen LogP contribution in [0.5, 0.6) is 0 Å². The summed E-state index contributed by atoms with van der Waals surface area (Å²) < 4.78 is 16.5. The standard InChI is InChI=1S/C17H19NO4.ClH/c1-9-7-21-15-11(3)16-13(6-12(9)15)10(2)14(17(19)22-16)8-20-5-4-18;/h6-7H,4-5,8,18H2,1-3H3;1H. The topological polar surface area (TPSA) is 78.6 Å². The Morgan fingerprint density at radius 1 is 1.13 bits per heavy atom. The van der Waals surface area contributed by atoms with Crippen molar-refractivity contribution in [3.8, 4) is 0 Å². The van der Waals surface area contributed by atoms with E-state index in [1.54, 1.807) is 6.26 Å². The third kappa shape index (κ3) is 2.87. The van der Waals surface area contributed by atoms with Crippen molar-refractivity contribution in [3.63, 3.8) is 0 Å². The molecule has 0 unspecified atom stereocenters. The van der Waals surface area contributed by atoms with Gasteiger partial charge in [0.25, 0.3) is 0 Å². The van der Waals surface area contributed by atoms with Gasteiger partial charge in [0, 0.05) is 22.9 Å². The molecule has 2 N–H and O–H groups in total. The van der Waals surface area contributed by atoms with E-state index in [-0.39, 0.29) is 24.6 Å². The molecule has 2 heterocycles. The van der Waals surface area contributed by atoms with Crippen LogP contribution in [0.4, 0.5) is 0 Å².